The van der Waals surface area contributed by atoms with Gasteiger partial charge in [-0.1, -0.05) is 37.6 Å². The Hall–Kier alpha value is -4.11. The lowest BCUT2D eigenvalue weighted by molar-refractivity contribution is -0.127. The third-order valence-electron chi connectivity index (χ3n) is 6.09. The molecule has 3 amide bonds. The van der Waals surface area contributed by atoms with E-state index in [4.69, 9.17) is 9.15 Å². The molecule has 4 rings (SSSR count). The number of nitrogens with zero attached hydrogens (tertiary/aromatic N) is 1. The van der Waals surface area contributed by atoms with Gasteiger partial charge in [0, 0.05) is 17.3 Å². The van der Waals surface area contributed by atoms with Gasteiger partial charge in [0.05, 0.1) is 17.1 Å². The molecule has 196 valence electrons. The summed E-state index contributed by atoms with van der Waals surface area (Å²) in [6, 6.07) is 15.8. The molecule has 0 atom stereocenters. The number of imide groups is 1. The van der Waals surface area contributed by atoms with Crippen molar-refractivity contribution in [3.8, 4) is 11.3 Å². The van der Waals surface area contributed by atoms with Crippen molar-refractivity contribution < 1.29 is 28.3 Å². The van der Waals surface area contributed by atoms with Crippen LogP contribution in [0.25, 0.3) is 17.4 Å². The van der Waals surface area contributed by atoms with Crippen LogP contribution < -0.4 is 5.32 Å². The number of hydrogen-bond donors (Lipinski definition) is 1. The van der Waals surface area contributed by atoms with Crippen LogP contribution in [0.2, 0.25) is 0 Å². The van der Waals surface area contributed by atoms with Crippen molar-refractivity contribution in [1.82, 2.24) is 4.90 Å². The van der Waals surface area contributed by atoms with E-state index in [1.165, 1.54) is 6.08 Å². The summed E-state index contributed by atoms with van der Waals surface area (Å²) in [5.74, 6) is -0.466. The van der Waals surface area contributed by atoms with Gasteiger partial charge in [-0.25, -0.2) is 4.79 Å². The predicted molar refractivity (Wildman–Crippen MR) is 147 cm³/mol. The topological polar surface area (TPSA) is 106 Å². The minimum absolute atomic E-state index is 0.167. The fourth-order valence-electron chi connectivity index (χ4n) is 3.73. The Labute approximate surface area is 225 Å². The molecule has 0 unspecified atom stereocenters. The van der Waals surface area contributed by atoms with Crippen LogP contribution in [0.5, 0.6) is 0 Å². The van der Waals surface area contributed by atoms with E-state index in [9.17, 15) is 19.2 Å². The molecule has 1 fully saturated rings. The van der Waals surface area contributed by atoms with E-state index < -0.39 is 17.1 Å². The zero-order valence-electron chi connectivity index (χ0n) is 21.4. The maximum atomic E-state index is 12.9. The summed E-state index contributed by atoms with van der Waals surface area (Å²) in [6.07, 6.45) is 3.25. The van der Waals surface area contributed by atoms with Crippen LogP contribution in [-0.4, -0.2) is 41.1 Å². The molecule has 1 saturated heterocycles. The second kappa shape index (κ2) is 12.0. The molecule has 2 heterocycles. The third-order valence-corrected chi connectivity index (χ3v) is 7.00. The Bertz CT molecular complexity index is 1410. The van der Waals surface area contributed by atoms with Gasteiger partial charge in [0.25, 0.3) is 11.1 Å². The number of aryl methyl sites for hydroxylation is 1. The van der Waals surface area contributed by atoms with Crippen molar-refractivity contribution in [3.05, 3.63) is 82.0 Å². The molecular formula is C29H28N2O6S. The Morgan fingerprint density at radius 3 is 2.55 bits per heavy atom. The SMILES string of the molecule is CCCCOC(=O)c1ccc(-c2ccc(/C=C3/SC(=O)N(CC(=O)Nc4cccc(C)c4C)C3=O)o2)cc1. The van der Waals surface area contributed by atoms with Crippen molar-refractivity contribution in [2.24, 2.45) is 0 Å². The number of rotatable bonds is 9. The molecule has 1 N–H and O–H groups in total. The molecule has 0 saturated carbocycles. The summed E-state index contributed by atoms with van der Waals surface area (Å²) >= 11 is 0.756. The van der Waals surface area contributed by atoms with E-state index in [1.807, 2.05) is 32.9 Å². The van der Waals surface area contributed by atoms with E-state index in [2.05, 4.69) is 5.32 Å². The van der Waals surface area contributed by atoms with E-state index in [1.54, 1.807) is 42.5 Å². The first-order valence-electron chi connectivity index (χ1n) is 12.3. The predicted octanol–water partition coefficient (Wildman–Crippen LogP) is 6.20. The first-order valence-corrected chi connectivity index (χ1v) is 13.1. The first-order chi connectivity index (χ1) is 18.3. The number of carbonyl (C=O) groups excluding carboxylic acids is 4. The molecular weight excluding hydrogens is 504 g/mol. The van der Waals surface area contributed by atoms with Crippen LogP contribution in [0, 0.1) is 13.8 Å². The van der Waals surface area contributed by atoms with Crippen LogP contribution in [0.4, 0.5) is 10.5 Å². The van der Waals surface area contributed by atoms with E-state index in [0.29, 0.717) is 29.4 Å². The first kappa shape index (κ1) is 26.9. The summed E-state index contributed by atoms with van der Waals surface area (Å²) in [4.78, 5) is 51.0. The Kier molecular flexibility index (Phi) is 8.48. The van der Waals surface area contributed by atoms with Crippen molar-refractivity contribution in [1.29, 1.82) is 0 Å². The number of nitrogens with one attached hydrogen (secondary N) is 1. The zero-order valence-corrected chi connectivity index (χ0v) is 22.2. The van der Waals surface area contributed by atoms with E-state index >= 15 is 0 Å². The van der Waals surface area contributed by atoms with Crippen LogP contribution in [0.15, 0.2) is 63.9 Å². The van der Waals surface area contributed by atoms with E-state index in [0.717, 1.165) is 46.2 Å². The number of amides is 3. The van der Waals surface area contributed by atoms with Crippen LogP contribution in [0.1, 0.15) is 47.0 Å². The lowest BCUT2D eigenvalue weighted by atomic mass is 10.1. The Balaban J connectivity index is 1.40. The van der Waals surface area contributed by atoms with Gasteiger partial charge in [-0.05, 0) is 73.5 Å². The van der Waals surface area contributed by atoms with Gasteiger partial charge in [0.1, 0.15) is 18.1 Å². The van der Waals surface area contributed by atoms with Gasteiger partial charge in [0.2, 0.25) is 5.91 Å². The summed E-state index contributed by atoms with van der Waals surface area (Å²) < 4.78 is 11.1. The minimum atomic E-state index is -0.556. The number of benzene rings is 2. The lowest BCUT2D eigenvalue weighted by Crippen LogP contribution is -2.36. The zero-order chi connectivity index (χ0) is 27.2. The number of hydrogen-bond acceptors (Lipinski definition) is 7. The number of thioether (sulfide) groups is 1. The van der Waals surface area contributed by atoms with Crippen LogP contribution >= 0.6 is 11.8 Å². The monoisotopic (exact) mass is 532 g/mol. The van der Waals surface area contributed by atoms with Crippen molar-refractivity contribution in [2.45, 2.75) is 33.6 Å². The fraction of sp³-hybridized carbons (Fsp3) is 0.241. The maximum absolute atomic E-state index is 12.9. The number of unbranched alkanes of at least 4 members (excludes halogenated alkanes) is 1. The smallest absolute Gasteiger partial charge is 0.338 e. The highest BCUT2D eigenvalue weighted by Gasteiger charge is 2.36. The minimum Gasteiger partial charge on any atom is -0.462 e. The van der Waals surface area contributed by atoms with Gasteiger partial charge in [-0.15, -0.1) is 0 Å². The van der Waals surface area contributed by atoms with E-state index in [-0.39, 0.29) is 17.4 Å². The number of esters is 1. The summed E-state index contributed by atoms with van der Waals surface area (Å²) in [5.41, 5.74) is 3.78. The molecule has 3 aromatic rings. The Morgan fingerprint density at radius 1 is 1.05 bits per heavy atom. The molecule has 1 aliphatic rings. The van der Waals surface area contributed by atoms with Gasteiger partial charge in [-0.3, -0.25) is 19.3 Å². The molecule has 0 spiro atoms. The lowest BCUT2D eigenvalue weighted by Gasteiger charge is -2.14. The fourth-order valence-corrected chi connectivity index (χ4v) is 4.55. The highest BCUT2D eigenvalue weighted by Crippen LogP contribution is 2.33. The average Bonchev–Trinajstić information content (AvgIpc) is 3.47. The molecule has 9 heteroatoms. The standard InChI is InChI=1S/C29H28N2O6S/c1-4-5-15-36-28(34)21-11-9-20(10-12-21)24-14-13-22(37-24)16-25-27(33)31(29(35)38-25)17-26(32)30-23-8-6-7-18(2)19(23)3/h6-14,16H,4-5,15,17H2,1-3H3,(H,30,32)/b25-16+. The van der Waals surface area contributed by atoms with Gasteiger partial charge < -0.3 is 14.5 Å². The van der Waals surface area contributed by atoms with Gasteiger partial charge in [-0.2, -0.15) is 0 Å². The second-order valence-corrected chi connectivity index (χ2v) is 9.83. The molecule has 0 radical (unpaired) electrons. The van der Waals surface area contributed by atoms with Crippen molar-refractivity contribution >= 4 is 46.5 Å². The van der Waals surface area contributed by atoms with Crippen LogP contribution in [-0.2, 0) is 14.3 Å². The quantitative estimate of drug-likeness (QED) is 0.199. The van der Waals surface area contributed by atoms with Crippen molar-refractivity contribution in [2.75, 3.05) is 18.5 Å². The number of ether oxygens (including phenoxy) is 1. The molecule has 38 heavy (non-hydrogen) atoms. The van der Waals surface area contributed by atoms with Gasteiger partial charge in [0.15, 0.2) is 0 Å². The molecule has 0 bridgehead atoms. The highest BCUT2D eigenvalue weighted by molar-refractivity contribution is 8.18. The molecule has 8 nitrogen and oxygen atoms in total. The second-order valence-electron chi connectivity index (χ2n) is 8.83. The normalized spacial score (nSPS) is 14.3. The number of anilines is 1. The average molecular weight is 533 g/mol. The molecule has 2 aromatic carbocycles. The Morgan fingerprint density at radius 2 is 1.82 bits per heavy atom. The summed E-state index contributed by atoms with van der Waals surface area (Å²) in [5, 5.41) is 2.24. The van der Waals surface area contributed by atoms with Gasteiger partial charge >= 0.3 is 5.97 Å². The third kappa shape index (κ3) is 6.23. The van der Waals surface area contributed by atoms with Crippen LogP contribution in [0.3, 0.4) is 0 Å². The molecule has 0 aliphatic carbocycles. The molecule has 1 aromatic heterocycles. The number of carbonyl (C=O) groups is 4. The molecule has 1 aliphatic heterocycles. The highest BCUT2D eigenvalue weighted by atomic mass is 32.2. The summed E-state index contributed by atoms with van der Waals surface area (Å²) in [7, 11) is 0. The number of furan rings is 1. The van der Waals surface area contributed by atoms with Crippen molar-refractivity contribution in [3.63, 3.8) is 0 Å². The summed E-state index contributed by atoms with van der Waals surface area (Å²) in [6.45, 7) is 5.86. The maximum Gasteiger partial charge on any atom is 0.338 e. The largest absolute Gasteiger partial charge is 0.462 e.